The summed E-state index contributed by atoms with van der Waals surface area (Å²) >= 11 is 0. The molecule has 1 aromatic rings. The molecule has 0 spiro atoms. The van der Waals surface area contributed by atoms with E-state index in [9.17, 15) is 14.7 Å². The fraction of sp³-hybridized carbons (Fsp3) is 0.481. The molecule has 1 fully saturated rings. The minimum Gasteiger partial charge on any atom is -0.460 e. The SMILES string of the molecule is C[C@H]1CCC/C=C/[C@@H]2C[C@H](OC(=O)/C=C/c3ccc(N(C)C)cc3)C[C@H]2[C@H](O)/C=C/C(=O)O1. The third kappa shape index (κ3) is 7.60. The lowest BCUT2D eigenvalue weighted by molar-refractivity contribution is -0.143. The molecule has 5 atom stereocenters. The number of carbonyl (C=O) groups is 2. The summed E-state index contributed by atoms with van der Waals surface area (Å²) in [6, 6.07) is 7.89. The average Bonchev–Trinajstić information content (AvgIpc) is 3.18. The molecule has 33 heavy (non-hydrogen) atoms. The molecule has 0 unspecified atom stereocenters. The van der Waals surface area contributed by atoms with Crippen molar-refractivity contribution in [1.29, 1.82) is 0 Å². The van der Waals surface area contributed by atoms with Gasteiger partial charge in [0.15, 0.2) is 0 Å². The number of ether oxygens (including phenoxy) is 2. The van der Waals surface area contributed by atoms with Crippen molar-refractivity contribution in [3.63, 3.8) is 0 Å². The van der Waals surface area contributed by atoms with Crippen LogP contribution in [0.25, 0.3) is 6.08 Å². The third-order valence-electron chi connectivity index (χ3n) is 6.27. The molecule has 1 saturated carbocycles. The summed E-state index contributed by atoms with van der Waals surface area (Å²) in [6.45, 7) is 1.88. The Labute approximate surface area is 196 Å². The molecule has 178 valence electrons. The predicted octanol–water partition coefficient (Wildman–Crippen LogP) is 4.29. The molecule has 0 aromatic heterocycles. The quantitative estimate of drug-likeness (QED) is 0.416. The highest BCUT2D eigenvalue weighted by Crippen LogP contribution is 2.38. The Morgan fingerprint density at radius 2 is 1.94 bits per heavy atom. The molecule has 6 heteroatoms. The van der Waals surface area contributed by atoms with E-state index in [1.54, 1.807) is 6.08 Å². The van der Waals surface area contributed by atoms with Crippen molar-refractivity contribution in [1.82, 2.24) is 0 Å². The minimum atomic E-state index is -0.808. The van der Waals surface area contributed by atoms with E-state index in [4.69, 9.17) is 9.47 Å². The van der Waals surface area contributed by atoms with Gasteiger partial charge in [0.25, 0.3) is 0 Å². The van der Waals surface area contributed by atoms with Crippen molar-refractivity contribution in [3.05, 3.63) is 60.2 Å². The first-order valence-corrected chi connectivity index (χ1v) is 11.7. The van der Waals surface area contributed by atoms with E-state index in [1.165, 1.54) is 18.2 Å². The Morgan fingerprint density at radius 3 is 2.67 bits per heavy atom. The molecule has 0 saturated heterocycles. The molecule has 1 aromatic carbocycles. The third-order valence-corrected chi connectivity index (χ3v) is 6.27. The predicted molar refractivity (Wildman–Crippen MR) is 130 cm³/mol. The first-order chi connectivity index (χ1) is 15.8. The van der Waals surface area contributed by atoms with Crippen molar-refractivity contribution >= 4 is 23.7 Å². The summed E-state index contributed by atoms with van der Waals surface area (Å²) in [6.07, 6.45) is 12.8. The summed E-state index contributed by atoms with van der Waals surface area (Å²) in [5.74, 6) is -0.866. The number of cyclic esters (lactones) is 1. The molecule has 1 N–H and O–H groups in total. The van der Waals surface area contributed by atoms with Gasteiger partial charge in [-0.3, -0.25) is 0 Å². The van der Waals surface area contributed by atoms with Crippen LogP contribution in [0.5, 0.6) is 0 Å². The molecule has 1 aliphatic heterocycles. The first-order valence-electron chi connectivity index (χ1n) is 11.7. The maximum absolute atomic E-state index is 12.4. The molecule has 0 radical (unpaired) electrons. The number of aliphatic hydroxyl groups excluding tert-OH is 1. The highest BCUT2D eigenvalue weighted by Gasteiger charge is 2.38. The van der Waals surface area contributed by atoms with Gasteiger partial charge in [0, 0.05) is 31.9 Å². The van der Waals surface area contributed by atoms with Crippen LogP contribution in [0.4, 0.5) is 5.69 Å². The van der Waals surface area contributed by atoms with Crippen LogP contribution in [0.15, 0.2) is 54.6 Å². The number of esters is 2. The van der Waals surface area contributed by atoms with Gasteiger partial charge in [-0.25, -0.2) is 9.59 Å². The van der Waals surface area contributed by atoms with E-state index >= 15 is 0 Å². The van der Waals surface area contributed by atoms with Crippen LogP contribution >= 0.6 is 0 Å². The number of allylic oxidation sites excluding steroid dienone is 2. The van der Waals surface area contributed by atoms with Gasteiger partial charge in [-0.1, -0.05) is 24.3 Å². The number of benzene rings is 1. The van der Waals surface area contributed by atoms with E-state index in [2.05, 4.69) is 12.2 Å². The summed E-state index contributed by atoms with van der Waals surface area (Å²) in [5.41, 5.74) is 2.01. The summed E-state index contributed by atoms with van der Waals surface area (Å²) in [5, 5.41) is 10.7. The molecule has 1 aliphatic carbocycles. The van der Waals surface area contributed by atoms with E-state index < -0.39 is 18.0 Å². The van der Waals surface area contributed by atoms with Gasteiger partial charge in [0.2, 0.25) is 0 Å². The van der Waals surface area contributed by atoms with Crippen LogP contribution in [0.3, 0.4) is 0 Å². The van der Waals surface area contributed by atoms with E-state index in [1.807, 2.05) is 50.2 Å². The lowest BCUT2D eigenvalue weighted by Gasteiger charge is -2.19. The van der Waals surface area contributed by atoms with Crippen molar-refractivity contribution in [2.45, 2.75) is 57.3 Å². The van der Waals surface area contributed by atoms with Gasteiger partial charge in [-0.05, 0) is 80.7 Å². The molecule has 0 amide bonds. The van der Waals surface area contributed by atoms with Crippen LogP contribution in [-0.4, -0.2) is 49.5 Å². The molecule has 0 bridgehead atoms. The monoisotopic (exact) mass is 453 g/mol. The summed E-state index contributed by atoms with van der Waals surface area (Å²) in [4.78, 5) is 26.4. The Kier molecular flexibility index (Phi) is 8.89. The van der Waals surface area contributed by atoms with E-state index in [0.717, 1.165) is 30.5 Å². The lowest BCUT2D eigenvalue weighted by Crippen LogP contribution is -2.22. The van der Waals surface area contributed by atoms with Crippen LogP contribution in [0.2, 0.25) is 0 Å². The lowest BCUT2D eigenvalue weighted by atomic mass is 9.90. The molecule has 6 nitrogen and oxygen atoms in total. The molecule has 2 aliphatic rings. The molecular formula is C27H35NO5. The Hall–Kier alpha value is -2.86. The van der Waals surface area contributed by atoms with Crippen LogP contribution < -0.4 is 4.90 Å². The fourth-order valence-electron chi connectivity index (χ4n) is 4.43. The zero-order valence-electron chi connectivity index (χ0n) is 19.7. The maximum Gasteiger partial charge on any atom is 0.331 e. The van der Waals surface area contributed by atoms with Crippen LogP contribution in [0.1, 0.15) is 44.6 Å². The van der Waals surface area contributed by atoms with Gasteiger partial charge in [0.05, 0.1) is 12.2 Å². The Morgan fingerprint density at radius 1 is 1.18 bits per heavy atom. The summed E-state index contributed by atoms with van der Waals surface area (Å²) < 4.78 is 11.0. The smallest absolute Gasteiger partial charge is 0.331 e. The van der Waals surface area contributed by atoms with Gasteiger partial charge < -0.3 is 19.5 Å². The first kappa shape index (κ1) is 24.8. The van der Waals surface area contributed by atoms with Crippen molar-refractivity contribution in [3.8, 4) is 0 Å². The zero-order chi connectivity index (χ0) is 23.8. The number of hydrogen-bond donors (Lipinski definition) is 1. The maximum atomic E-state index is 12.4. The number of fused-ring (bicyclic) bond motifs is 1. The second-order valence-corrected chi connectivity index (χ2v) is 9.13. The fourth-order valence-corrected chi connectivity index (χ4v) is 4.43. The second-order valence-electron chi connectivity index (χ2n) is 9.13. The molecular weight excluding hydrogens is 418 g/mol. The van der Waals surface area contributed by atoms with E-state index in [0.29, 0.717) is 12.8 Å². The topological polar surface area (TPSA) is 76.1 Å². The number of anilines is 1. The van der Waals surface area contributed by atoms with Crippen LogP contribution in [-0.2, 0) is 19.1 Å². The normalized spacial score (nSPS) is 30.3. The number of hydrogen-bond acceptors (Lipinski definition) is 6. The van der Waals surface area contributed by atoms with Crippen molar-refractivity contribution < 1.29 is 24.2 Å². The van der Waals surface area contributed by atoms with Crippen molar-refractivity contribution in [2.75, 3.05) is 19.0 Å². The average molecular weight is 454 g/mol. The standard InChI is InChI=1S/C27H35NO5/c1-19-7-5-4-6-8-21-17-23(18-24(21)25(29)14-16-26(30)32-19)33-27(31)15-11-20-9-12-22(13-10-20)28(2)3/h6,8-16,19,21,23-25,29H,4-5,7,17-18H2,1-3H3/b8-6+,15-11+,16-14+/t19-,21+,23-,24+,25+/m0/s1. The minimum absolute atomic E-state index is 0.0826. The van der Waals surface area contributed by atoms with E-state index in [-0.39, 0.29) is 24.0 Å². The molecule has 1 heterocycles. The van der Waals surface area contributed by atoms with Gasteiger partial charge in [-0.2, -0.15) is 0 Å². The van der Waals surface area contributed by atoms with Crippen LogP contribution in [0, 0.1) is 11.8 Å². The Balaban J connectivity index is 1.61. The number of carbonyl (C=O) groups excluding carboxylic acids is 2. The summed E-state index contributed by atoms with van der Waals surface area (Å²) in [7, 11) is 3.96. The number of aliphatic hydroxyl groups is 1. The zero-order valence-corrected chi connectivity index (χ0v) is 19.7. The number of rotatable bonds is 4. The molecule has 3 rings (SSSR count). The van der Waals surface area contributed by atoms with Gasteiger partial charge in [0.1, 0.15) is 6.10 Å². The van der Waals surface area contributed by atoms with Crippen molar-refractivity contribution in [2.24, 2.45) is 11.8 Å². The highest BCUT2D eigenvalue weighted by atomic mass is 16.5. The largest absolute Gasteiger partial charge is 0.460 e. The van der Waals surface area contributed by atoms with Gasteiger partial charge in [-0.15, -0.1) is 0 Å². The number of nitrogens with zero attached hydrogens (tertiary/aromatic N) is 1. The van der Waals surface area contributed by atoms with Gasteiger partial charge >= 0.3 is 11.9 Å². The highest BCUT2D eigenvalue weighted by molar-refractivity contribution is 5.87. The second kappa shape index (κ2) is 11.8. The Bertz CT molecular complexity index is 886.